The van der Waals surface area contributed by atoms with Crippen LogP contribution in [0.1, 0.15) is 60.3 Å². The molecule has 0 unspecified atom stereocenters. The summed E-state index contributed by atoms with van der Waals surface area (Å²) in [6.07, 6.45) is 8.34. The number of carbonyl (C=O) groups excluding carboxylic acids is 1. The van der Waals surface area contributed by atoms with Crippen LogP contribution in [-0.2, 0) is 4.79 Å². The van der Waals surface area contributed by atoms with Crippen molar-refractivity contribution in [1.29, 1.82) is 0 Å². The van der Waals surface area contributed by atoms with Crippen LogP contribution in [0.15, 0.2) is 12.2 Å². The first-order valence-corrected chi connectivity index (χ1v) is 8.08. The highest BCUT2D eigenvalue weighted by molar-refractivity contribution is 5.87. The molecule has 0 aliphatic carbocycles. The van der Waals surface area contributed by atoms with Gasteiger partial charge in [0.05, 0.1) is 0 Å². The summed E-state index contributed by atoms with van der Waals surface area (Å²) in [5.41, 5.74) is 0.110. The van der Waals surface area contributed by atoms with Crippen molar-refractivity contribution in [2.24, 2.45) is 5.41 Å². The number of amides is 1. The van der Waals surface area contributed by atoms with E-state index in [1.807, 2.05) is 6.92 Å². The van der Waals surface area contributed by atoms with Gasteiger partial charge in [-0.2, -0.15) is 0 Å². The van der Waals surface area contributed by atoms with Gasteiger partial charge >= 0.3 is 0 Å². The maximum Gasteiger partial charge on any atom is 0.243 e. The predicted molar refractivity (Wildman–Crippen MR) is 87.9 cm³/mol. The molecule has 0 fully saturated rings. The van der Waals surface area contributed by atoms with Crippen LogP contribution >= 0.6 is 0 Å². The fourth-order valence-electron chi connectivity index (χ4n) is 2.23. The number of carbonyl (C=O) groups is 1. The van der Waals surface area contributed by atoms with Gasteiger partial charge < -0.3 is 10.2 Å². The van der Waals surface area contributed by atoms with E-state index in [1.54, 1.807) is 12.2 Å². The van der Waals surface area contributed by atoms with Crippen LogP contribution in [0, 0.1) is 5.41 Å². The van der Waals surface area contributed by atoms with Gasteiger partial charge in [-0.3, -0.25) is 4.79 Å². The molecule has 0 aliphatic heterocycles. The van der Waals surface area contributed by atoms with E-state index in [-0.39, 0.29) is 11.3 Å². The van der Waals surface area contributed by atoms with Gasteiger partial charge in [0.15, 0.2) is 0 Å². The molecule has 1 N–H and O–H groups in total. The van der Waals surface area contributed by atoms with Crippen LogP contribution in [-0.4, -0.2) is 37.0 Å². The molecule has 0 heterocycles. The number of rotatable bonds is 11. The highest BCUT2D eigenvalue weighted by Gasteiger charge is 2.21. The Hall–Kier alpha value is -0.830. The molecule has 1 amide bonds. The summed E-state index contributed by atoms with van der Waals surface area (Å²) < 4.78 is 0. The SMILES string of the molecule is C/C=C/C(=O)NCC(C)(C)CN(CCCC)CCCC. The Morgan fingerprint density at radius 3 is 2.15 bits per heavy atom. The molecule has 0 radical (unpaired) electrons. The quantitative estimate of drug-likeness (QED) is 0.587. The first-order valence-electron chi connectivity index (χ1n) is 8.08. The minimum atomic E-state index is 0.00856. The van der Waals surface area contributed by atoms with Crippen molar-refractivity contribution in [3.8, 4) is 0 Å². The molecule has 0 aromatic carbocycles. The van der Waals surface area contributed by atoms with Crippen LogP contribution in [0.5, 0.6) is 0 Å². The molecule has 0 saturated heterocycles. The summed E-state index contributed by atoms with van der Waals surface area (Å²) in [4.78, 5) is 14.1. The lowest BCUT2D eigenvalue weighted by molar-refractivity contribution is -0.117. The van der Waals surface area contributed by atoms with Crippen LogP contribution in [0.3, 0.4) is 0 Å². The third kappa shape index (κ3) is 10.0. The van der Waals surface area contributed by atoms with E-state index in [0.29, 0.717) is 0 Å². The van der Waals surface area contributed by atoms with Gasteiger partial charge in [0.25, 0.3) is 0 Å². The van der Waals surface area contributed by atoms with Crippen molar-refractivity contribution in [3.63, 3.8) is 0 Å². The molecule has 0 aromatic heterocycles. The molecule has 3 heteroatoms. The number of nitrogens with one attached hydrogen (secondary N) is 1. The maximum atomic E-state index is 11.5. The average Bonchev–Trinajstić information content (AvgIpc) is 2.40. The van der Waals surface area contributed by atoms with Gasteiger partial charge in [0.2, 0.25) is 5.91 Å². The first kappa shape index (κ1) is 19.2. The Labute approximate surface area is 125 Å². The molecular formula is C17H34N2O. The summed E-state index contributed by atoms with van der Waals surface area (Å²) >= 11 is 0. The number of hydrogen-bond acceptors (Lipinski definition) is 2. The number of unbranched alkanes of at least 4 members (excludes halogenated alkanes) is 2. The zero-order valence-electron chi connectivity index (χ0n) is 14.2. The maximum absolute atomic E-state index is 11.5. The predicted octanol–water partition coefficient (Wildman–Crippen LogP) is 3.61. The zero-order chi connectivity index (χ0) is 15.4. The van der Waals surface area contributed by atoms with Gasteiger partial charge in [0, 0.05) is 13.1 Å². The highest BCUT2D eigenvalue weighted by Crippen LogP contribution is 2.17. The van der Waals surface area contributed by atoms with Crippen molar-refractivity contribution in [3.05, 3.63) is 12.2 Å². The third-order valence-corrected chi connectivity index (χ3v) is 3.37. The highest BCUT2D eigenvalue weighted by atomic mass is 16.1. The van der Waals surface area contributed by atoms with Crippen molar-refractivity contribution < 1.29 is 4.79 Å². The van der Waals surface area contributed by atoms with E-state index < -0.39 is 0 Å². The average molecular weight is 282 g/mol. The summed E-state index contributed by atoms with van der Waals surface area (Å²) in [6.45, 7) is 14.9. The molecule has 20 heavy (non-hydrogen) atoms. The van der Waals surface area contributed by atoms with Gasteiger partial charge in [-0.25, -0.2) is 0 Å². The van der Waals surface area contributed by atoms with Crippen LogP contribution < -0.4 is 5.32 Å². The second-order valence-corrected chi connectivity index (χ2v) is 6.37. The Morgan fingerprint density at radius 1 is 1.15 bits per heavy atom. The lowest BCUT2D eigenvalue weighted by Gasteiger charge is -2.33. The third-order valence-electron chi connectivity index (χ3n) is 3.37. The summed E-state index contributed by atoms with van der Waals surface area (Å²) in [7, 11) is 0. The molecule has 0 saturated carbocycles. The molecule has 0 spiro atoms. The summed E-state index contributed by atoms with van der Waals surface area (Å²) in [5, 5.41) is 2.99. The fraction of sp³-hybridized carbons (Fsp3) is 0.824. The summed E-state index contributed by atoms with van der Waals surface area (Å²) in [6, 6.07) is 0. The van der Waals surface area contributed by atoms with Gasteiger partial charge in [0.1, 0.15) is 0 Å². The van der Waals surface area contributed by atoms with Gasteiger partial charge in [-0.1, -0.05) is 46.6 Å². The normalized spacial score (nSPS) is 12.3. The number of nitrogens with zero attached hydrogens (tertiary/aromatic N) is 1. The standard InChI is InChI=1S/C17H34N2O/c1-6-9-12-19(13-10-7-2)15-17(4,5)14-18-16(20)11-8-3/h8,11H,6-7,9-10,12-15H2,1-5H3,(H,18,20)/b11-8+. The molecule has 0 bridgehead atoms. The minimum absolute atomic E-state index is 0.00856. The molecule has 0 aliphatic rings. The van der Waals surface area contributed by atoms with Crippen LogP contribution in [0.4, 0.5) is 0 Å². The fourth-order valence-corrected chi connectivity index (χ4v) is 2.23. The smallest absolute Gasteiger partial charge is 0.243 e. The Bertz CT molecular complexity index is 277. The minimum Gasteiger partial charge on any atom is -0.352 e. The van der Waals surface area contributed by atoms with E-state index in [2.05, 4.69) is 37.9 Å². The first-order chi connectivity index (χ1) is 9.45. The van der Waals surface area contributed by atoms with Crippen molar-refractivity contribution in [2.75, 3.05) is 26.2 Å². The van der Waals surface area contributed by atoms with Gasteiger partial charge in [-0.15, -0.1) is 0 Å². The van der Waals surface area contributed by atoms with Gasteiger partial charge in [-0.05, 0) is 44.3 Å². The number of hydrogen-bond donors (Lipinski definition) is 1. The second kappa shape index (κ2) is 10.9. The zero-order valence-corrected chi connectivity index (χ0v) is 14.2. The van der Waals surface area contributed by atoms with E-state index in [9.17, 15) is 4.79 Å². The van der Waals surface area contributed by atoms with Crippen molar-refractivity contribution in [2.45, 2.75) is 60.3 Å². The van der Waals surface area contributed by atoms with Crippen LogP contribution in [0.25, 0.3) is 0 Å². The molecule has 0 rings (SSSR count). The largest absolute Gasteiger partial charge is 0.352 e. The summed E-state index contributed by atoms with van der Waals surface area (Å²) in [5.74, 6) is 0.00856. The second-order valence-electron chi connectivity index (χ2n) is 6.37. The number of allylic oxidation sites excluding steroid dienone is 1. The Morgan fingerprint density at radius 2 is 1.70 bits per heavy atom. The lowest BCUT2D eigenvalue weighted by atomic mass is 9.92. The van der Waals surface area contributed by atoms with Crippen molar-refractivity contribution in [1.82, 2.24) is 10.2 Å². The monoisotopic (exact) mass is 282 g/mol. The molecular weight excluding hydrogens is 248 g/mol. The molecule has 0 aromatic rings. The Kier molecular flexibility index (Phi) is 10.4. The molecule has 118 valence electrons. The van der Waals surface area contributed by atoms with E-state index in [1.165, 1.54) is 38.8 Å². The Balaban J connectivity index is 4.29. The van der Waals surface area contributed by atoms with E-state index in [0.717, 1.165) is 13.1 Å². The van der Waals surface area contributed by atoms with Crippen molar-refractivity contribution >= 4 is 5.91 Å². The topological polar surface area (TPSA) is 32.3 Å². The van der Waals surface area contributed by atoms with Crippen LogP contribution in [0.2, 0.25) is 0 Å². The lowest BCUT2D eigenvalue weighted by Crippen LogP contribution is -2.42. The van der Waals surface area contributed by atoms with E-state index in [4.69, 9.17) is 0 Å². The molecule has 0 atom stereocenters. The van der Waals surface area contributed by atoms with E-state index >= 15 is 0 Å². The molecule has 3 nitrogen and oxygen atoms in total.